The lowest BCUT2D eigenvalue weighted by Gasteiger charge is -2.11. The molecule has 0 saturated heterocycles. The Morgan fingerprint density at radius 2 is 1.68 bits per heavy atom. The predicted molar refractivity (Wildman–Crippen MR) is 117 cm³/mol. The van der Waals surface area contributed by atoms with E-state index in [2.05, 4.69) is 10.2 Å². The van der Waals surface area contributed by atoms with Crippen molar-refractivity contribution in [1.82, 2.24) is 4.57 Å². The highest BCUT2D eigenvalue weighted by atomic mass is 16.5. The van der Waals surface area contributed by atoms with E-state index in [1.807, 2.05) is 55.5 Å². The highest BCUT2D eigenvalue weighted by Crippen LogP contribution is 2.38. The number of hydrogen-bond acceptors (Lipinski definition) is 5. The Labute approximate surface area is 178 Å². The quantitative estimate of drug-likeness (QED) is 0.414. The van der Waals surface area contributed by atoms with E-state index >= 15 is 0 Å². The first kappa shape index (κ1) is 20.2. The van der Waals surface area contributed by atoms with Crippen molar-refractivity contribution in [2.24, 2.45) is 10.2 Å². The fourth-order valence-corrected chi connectivity index (χ4v) is 3.32. The fourth-order valence-electron chi connectivity index (χ4n) is 3.32. The van der Waals surface area contributed by atoms with Crippen molar-refractivity contribution in [1.29, 1.82) is 0 Å². The number of hydrogen-bond donors (Lipinski definition) is 2. The van der Waals surface area contributed by atoms with E-state index in [0.29, 0.717) is 18.5 Å². The summed E-state index contributed by atoms with van der Waals surface area (Å²) in [6.45, 7) is 2.71. The first-order valence-corrected chi connectivity index (χ1v) is 9.78. The number of fused-ring (bicyclic) bond motifs is 1. The van der Waals surface area contributed by atoms with Crippen molar-refractivity contribution in [2.45, 2.75) is 13.5 Å². The number of rotatable bonds is 6. The number of amides is 1. The third-order valence-corrected chi connectivity index (χ3v) is 4.94. The Kier molecular flexibility index (Phi) is 5.66. The zero-order valence-electron chi connectivity index (χ0n) is 16.9. The van der Waals surface area contributed by atoms with Crippen molar-refractivity contribution in [3.63, 3.8) is 0 Å². The van der Waals surface area contributed by atoms with Crippen LogP contribution in [0.3, 0.4) is 0 Å². The lowest BCUT2D eigenvalue weighted by atomic mass is 10.2. The summed E-state index contributed by atoms with van der Waals surface area (Å²) in [6.07, 6.45) is 0. The molecule has 0 aliphatic carbocycles. The van der Waals surface area contributed by atoms with Gasteiger partial charge in [-0.25, -0.2) is 0 Å². The van der Waals surface area contributed by atoms with Crippen molar-refractivity contribution >= 4 is 22.5 Å². The summed E-state index contributed by atoms with van der Waals surface area (Å²) in [5.74, 6) is 0.191. The lowest BCUT2D eigenvalue weighted by molar-refractivity contribution is 0.0995. The number of carbonyl (C=O) groups excluding carboxylic acids is 1. The van der Waals surface area contributed by atoms with Gasteiger partial charge in [-0.05, 0) is 48.9 Å². The maximum Gasteiger partial charge on any atom is 0.295 e. The van der Waals surface area contributed by atoms with E-state index in [1.54, 1.807) is 4.57 Å². The van der Waals surface area contributed by atoms with E-state index in [1.165, 1.54) is 24.3 Å². The van der Waals surface area contributed by atoms with Crippen LogP contribution < -0.4 is 4.74 Å². The molecule has 0 atom stereocenters. The zero-order valence-corrected chi connectivity index (χ0v) is 16.9. The zero-order chi connectivity index (χ0) is 21.8. The molecular weight excluding hydrogens is 394 g/mol. The van der Waals surface area contributed by atoms with Crippen molar-refractivity contribution in [3.8, 4) is 17.4 Å². The summed E-state index contributed by atoms with van der Waals surface area (Å²) >= 11 is 0. The molecule has 0 saturated carbocycles. The molecule has 2 N–H and O–H groups in total. The highest BCUT2D eigenvalue weighted by molar-refractivity contribution is 5.97. The first-order valence-electron chi connectivity index (χ1n) is 9.78. The summed E-state index contributed by atoms with van der Waals surface area (Å²) in [7, 11) is 0. The molecule has 0 aliphatic rings. The molecule has 1 aromatic heterocycles. The van der Waals surface area contributed by atoms with Crippen LogP contribution in [0.2, 0.25) is 0 Å². The summed E-state index contributed by atoms with van der Waals surface area (Å²) in [5.41, 5.74) is 2.31. The van der Waals surface area contributed by atoms with Gasteiger partial charge in [-0.2, -0.15) is 0 Å². The van der Waals surface area contributed by atoms with Crippen LogP contribution in [-0.2, 0) is 6.54 Å². The molecule has 0 unspecified atom stereocenters. The Bertz CT molecular complexity index is 1260. The summed E-state index contributed by atoms with van der Waals surface area (Å²) in [5, 5.41) is 28.6. The Hall–Kier alpha value is -4.13. The third-order valence-electron chi connectivity index (χ3n) is 4.94. The molecule has 0 fully saturated rings. The number of azo groups is 1. The van der Waals surface area contributed by atoms with Crippen molar-refractivity contribution in [2.75, 3.05) is 6.61 Å². The molecule has 7 nitrogen and oxygen atoms in total. The minimum absolute atomic E-state index is 0.0575. The van der Waals surface area contributed by atoms with Crippen LogP contribution in [0.1, 0.15) is 15.9 Å². The molecule has 4 aromatic rings. The molecule has 1 amide bonds. The second-order valence-electron chi connectivity index (χ2n) is 7.01. The van der Waals surface area contributed by atoms with Crippen LogP contribution in [0.15, 0.2) is 83.0 Å². The molecule has 1 heterocycles. The number of aryl methyl sites for hydroxylation is 1. The molecule has 31 heavy (non-hydrogen) atoms. The first-order chi connectivity index (χ1) is 15.0. The number of aromatic hydroxyl groups is 2. The number of carbonyl (C=O) groups is 1. The number of aromatic nitrogens is 1. The van der Waals surface area contributed by atoms with Crippen molar-refractivity contribution < 1.29 is 19.7 Å². The number of benzene rings is 3. The third kappa shape index (κ3) is 4.25. The van der Waals surface area contributed by atoms with Gasteiger partial charge in [-0.3, -0.25) is 4.79 Å². The van der Waals surface area contributed by atoms with Crippen LogP contribution in [-0.4, -0.2) is 27.3 Å². The second-order valence-corrected chi connectivity index (χ2v) is 7.01. The number of para-hydroxylation sites is 2. The highest BCUT2D eigenvalue weighted by Gasteiger charge is 2.17. The summed E-state index contributed by atoms with van der Waals surface area (Å²) in [4.78, 5) is 12.3. The van der Waals surface area contributed by atoms with Gasteiger partial charge in [0.05, 0.1) is 12.1 Å². The van der Waals surface area contributed by atoms with Gasteiger partial charge in [0.2, 0.25) is 5.88 Å². The minimum atomic E-state index is -0.570. The van der Waals surface area contributed by atoms with E-state index < -0.39 is 5.91 Å². The van der Waals surface area contributed by atoms with Gasteiger partial charge in [0.25, 0.3) is 5.91 Å². The van der Waals surface area contributed by atoms with Crippen molar-refractivity contribution in [3.05, 3.63) is 83.9 Å². The number of nitrogens with zero attached hydrogens (tertiary/aromatic N) is 3. The summed E-state index contributed by atoms with van der Waals surface area (Å²) in [6, 6.07) is 20.8. The number of phenols is 1. The number of phenolic OH excluding ortho intramolecular Hbond substituents is 1. The fraction of sp³-hybridized carbons (Fsp3) is 0.125. The Balaban J connectivity index is 1.58. The van der Waals surface area contributed by atoms with Gasteiger partial charge in [-0.15, -0.1) is 10.2 Å². The predicted octanol–water partition coefficient (Wildman–Crippen LogP) is 5.36. The van der Waals surface area contributed by atoms with Gasteiger partial charge >= 0.3 is 0 Å². The van der Waals surface area contributed by atoms with E-state index in [-0.39, 0.29) is 22.9 Å². The number of ether oxygens (including phenoxy) is 1. The molecule has 156 valence electrons. The molecule has 3 aromatic carbocycles. The Morgan fingerprint density at radius 3 is 2.45 bits per heavy atom. The van der Waals surface area contributed by atoms with Gasteiger partial charge < -0.3 is 19.5 Å². The maximum atomic E-state index is 12.3. The van der Waals surface area contributed by atoms with Gasteiger partial charge in [0.1, 0.15) is 18.1 Å². The average Bonchev–Trinajstić information content (AvgIpc) is 3.05. The van der Waals surface area contributed by atoms with Gasteiger partial charge in [-0.1, -0.05) is 36.4 Å². The minimum Gasteiger partial charge on any atom is -0.508 e. The normalized spacial score (nSPS) is 11.3. The molecule has 0 bridgehead atoms. The standard InChI is InChI=1S/C24H21N3O4/c1-16-6-2-5-9-21(16)31-15-14-27-20-8-4-3-7-19(20)22(24(27)30)25-26-23(29)17-10-12-18(28)13-11-17/h2-13,28,30H,14-15H2,1H3. The van der Waals surface area contributed by atoms with E-state index in [4.69, 9.17) is 4.74 Å². The molecule has 4 rings (SSSR count). The van der Waals surface area contributed by atoms with E-state index in [0.717, 1.165) is 16.8 Å². The molecular formula is C24H21N3O4. The van der Waals surface area contributed by atoms with Crippen LogP contribution in [0, 0.1) is 6.92 Å². The van der Waals surface area contributed by atoms with Gasteiger partial charge in [0, 0.05) is 10.9 Å². The van der Waals surface area contributed by atoms with Crippen LogP contribution >= 0.6 is 0 Å². The van der Waals surface area contributed by atoms with E-state index in [9.17, 15) is 15.0 Å². The largest absolute Gasteiger partial charge is 0.508 e. The molecule has 0 spiro atoms. The Morgan fingerprint density at radius 1 is 0.968 bits per heavy atom. The SMILES string of the molecule is Cc1ccccc1OCCn1c(O)c(N=NC(=O)c2ccc(O)cc2)c2ccccc21. The molecule has 0 radical (unpaired) electrons. The second kappa shape index (κ2) is 8.71. The topological polar surface area (TPSA) is 96.4 Å². The van der Waals surface area contributed by atoms with Crippen LogP contribution in [0.5, 0.6) is 17.4 Å². The maximum absolute atomic E-state index is 12.3. The van der Waals surface area contributed by atoms with Crippen LogP contribution in [0.25, 0.3) is 10.9 Å². The van der Waals surface area contributed by atoms with Crippen LogP contribution in [0.4, 0.5) is 5.69 Å². The average molecular weight is 415 g/mol. The smallest absolute Gasteiger partial charge is 0.295 e. The summed E-state index contributed by atoms with van der Waals surface area (Å²) < 4.78 is 7.55. The van der Waals surface area contributed by atoms with Gasteiger partial charge in [0.15, 0.2) is 5.69 Å². The lowest BCUT2D eigenvalue weighted by Crippen LogP contribution is -2.08. The molecule has 0 aliphatic heterocycles. The monoisotopic (exact) mass is 415 g/mol. The molecule has 7 heteroatoms.